The third-order valence-corrected chi connectivity index (χ3v) is 8.53. The van der Waals surface area contributed by atoms with E-state index in [4.69, 9.17) is 4.74 Å². The van der Waals surface area contributed by atoms with Crippen LogP contribution in [0, 0.1) is 68.6 Å². The van der Waals surface area contributed by atoms with E-state index in [9.17, 15) is 24.6 Å². The van der Waals surface area contributed by atoms with E-state index in [-0.39, 0.29) is 52.9 Å². The van der Waals surface area contributed by atoms with E-state index in [2.05, 4.69) is 25.0 Å². The van der Waals surface area contributed by atoms with Crippen molar-refractivity contribution in [1.82, 2.24) is 0 Å². The Morgan fingerprint density at radius 1 is 1.03 bits per heavy atom. The maximum Gasteiger partial charge on any atom is 2.00 e. The zero-order valence-electron chi connectivity index (χ0n) is 22.9. The Bertz CT molecular complexity index is 998. The number of ether oxygens (including phenoxy) is 1. The van der Waals surface area contributed by atoms with Crippen molar-refractivity contribution in [1.29, 1.82) is 0 Å². The van der Waals surface area contributed by atoms with E-state index in [0.29, 0.717) is 12.8 Å². The predicted molar refractivity (Wildman–Crippen MR) is 149 cm³/mol. The van der Waals surface area contributed by atoms with Gasteiger partial charge in [0.15, 0.2) is 5.75 Å². The molecule has 39 heavy (non-hydrogen) atoms. The fourth-order valence-corrected chi connectivity index (χ4v) is 5.01. The molecule has 0 bridgehead atoms. The van der Waals surface area contributed by atoms with E-state index in [0.717, 1.165) is 24.3 Å². The number of anilines is 1. The van der Waals surface area contributed by atoms with Gasteiger partial charge >= 0.3 is 23.0 Å². The molecule has 7 nitrogen and oxygen atoms in total. The SMILES string of the molecule is C[C@@]1(CCC(=O)Nc2c(O)ccc(C(=O)OCC[Si](C)(C)C)c2O)CC[C]2[CH][CH][CH][C]2C1=O.[CH]1[CH][CH][CH][CH]1.[Fe+2]. The van der Waals surface area contributed by atoms with Crippen LogP contribution in [0.2, 0.25) is 25.7 Å². The number of hydrogen-bond acceptors (Lipinski definition) is 6. The van der Waals surface area contributed by atoms with Gasteiger partial charge in [-0.25, -0.2) is 4.79 Å². The van der Waals surface area contributed by atoms with Crippen molar-refractivity contribution < 1.29 is 46.4 Å². The zero-order chi connectivity index (χ0) is 27.9. The first kappa shape index (κ1) is 33.4. The number of carbonyl (C=O) groups excluding carboxylic acids is 3. The summed E-state index contributed by atoms with van der Waals surface area (Å²) < 4.78 is 5.26. The fourth-order valence-electron chi connectivity index (χ4n) is 4.29. The number of rotatable bonds is 8. The van der Waals surface area contributed by atoms with Crippen molar-refractivity contribution >= 4 is 31.4 Å². The Morgan fingerprint density at radius 3 is 2.28 bits per heavy atom. The fraction of sp³-hybridized carbons (Fsp3) is 0.367. The van der Waals surface area contributed by atoms with E-state index in [1.54, 1.807) is 0 Å². The molecule has 1 atom stereocenters. The number of nitrogens with one attached hydrogen (secondary N) is 1. The van der Waals surface area contributed by atoms with Crippen LogP contribution in [0.15, 0.2) is 12.1 Å². The van der Waals surface area contributed by atoms with Crippen molar-refractivity contribution in [3.8, 4) is 11.5 Å². The average Bonchev–Trinajstić information content (AvgIpc) is 3.58. The number of phenolic OH excluding ortho intramolecular Hbond substituents is 2. The number of esters is 1. The number of amides is 1. The van der Waals surface area contributed by atoms with Gasteiger partial charge in [-0.2, -0.15) is 0 Å². The third kappa shape index (κ3) is 9.36. The minimum absolute atomic E-state index is 0. The molecule has 9 heteroatoms. The van der Waals surface area contributed by atoms with Crippen LogP contribution in [-0.2, 0) is 31.4 Å². The van der Waals surface area contributed by atoms with Gasteiger partial charge in [0, 0.05) is 19.9 Å². The van der Waals surface area contributed by atoms with Gasteiger partial charge in [0.05, 0.1) is 12.5 Å². The van der Waals surface area contributed by atoms with Crippen molar-refractivity contribution in [3.05, 3.63) is 80.9 Å². The number of carbonyl (C=O) groups is 3. The minimum atomic E-state index is -1.39. The molecule has 208 valence electrons. The second-order valence-electron chi connectivity index (χ2n) is 11.2. The summed E-state index contributed by atoms with van der Waals surface area (Å²) in [5.41, 5.74) is -1.01. The number of aromatic hydroxyl groups is 2. The molecule has 1 aromatic rings. The van der Waals surface area contributed by atoms with Crippen LogP contribution in [-0.4, -0.2) is 42.6 Å². The molecular formula is C30H37FeNO6Si+2. The number of hydrogen-bond donors (Lipinski definition) is 3. The Labute approximate surface area is 245 Å². The summed E-state index contributed by atoms with van der Waals surface area (Å²) in [6.07, 6.45) is 17.5. The number of benzene rings is 1. The molecule has 0 unspecified atom stereocenters. The first-order valence-electron chi connectivity index (χ1n) is 12.9. The normalized spacial score (nSPS) is 21.4. The molecule has 3 N–H and O–H groups in total. The Balaban J connectivity index is 0.000000797. The summed E-state index contributed by atoms with van der Waals surface area (Å²) in [7, 11) is -1.39. The van der Waals surface area contributed by atoms with Crippen LogP contribution in [0.3, 0.4) is 0 Å². The van der Waals surface area contributed by atoms with E-state index < -0.39 is 31.1 Å². The van der Waals surface area contributed by atoms with Gasteiger partial charge in [-0.05, 0) is 94.7 Å². The average molecular weight is 592 g/mol. The molecule has 0 aromatic heterocycles. The molecule has 0 heterocycles. The summed E-state index contributed by atoms with van der Waals surface area (Å²) in [5.74, 6) is -0.275. The van der Waals surface area contributed by atoms with Gasteiger partial charge in [0.2, 0.25) is 5.91 Å². The van der Waals surface area contributed by atoms with Crippen molar-refractivity contribution in [2.75, 3.05) is 11.9 Å². The van der Waals surface area contributed by atoms with Crippen LogP contribution in [0.5, 0.6) is 11.5 Å². The summed E-state index contributed by atoms with van der Waals surface area (Å²) >= 11 is 0. The monoisotopic (exact) mass is 591 g/mol. The summed E-state index contributed by atoms with van der Waals surface area (Å²) in [5, 5.41) is 23.2. The van der Waals surface area contributed by atoms with Crippen molar-refractivity contribution in [3.63, 3.8) is 0 Å². The second-order valence-corrected chi connectivity index (χ2v) is 16.8. The van der Waals surface area contributed by atoms with Crippen LogP contribution in [0.1, 0.15) is 43.0 Å². The van der Waals surface area contributed by atoms with Gasteiger partial charge in [-0.3, -0.25) is 9.59 Å². The molecule has 0 saturated heterocycles. The van der Waals surface area contributed by atoms with Crippen LogP contribution < -0.4 is 5.32 Å². The third-order valence-electron chi connectivity index (χ3n) is 6.83. The summed E-state index contributed by atoms with van der Waals surface area (Å²) in [6, 6.07) is 3.27. The Hall–Kier alpha value is -1.83. The number of ketones is 1. The molecule has 0 spiro atoms. The number of fused-ring (bicyclic) bond motifs is 1. The molecule has 1 amide bonds. The van der Waals surface area contributed by atoms with Crippen molar-refractivity contribution in [2.24, 2.45) is 5.41 Å². The summed E-state index contributed by atoms with van der Waals surface area (Å²) in [6.45, 7) is 8.59. The van der Waals surface area contributed by atoms with E-state index in [1.807, 2.05) is 58.3 Å². The van der Waals surface area contributed by atoms with E-state index >= 15 is 0 Å². The smallest absolute Gasteiger partial charge is 0.506 e. The Morgan fingerprint density at radius 2 is 1.67 bits per heavy atom. The number of phenols is 2. The maximum atomic E-state index is 12.9. The molecule has 3 fully saturated rings. The van der Waals surface area contributed by atoms with Crippen LogP contribution in [0.25, 0.3) is 0 Å². The van der Waals surface area contributed by atoms with Gasteiger partial charge in [-0.15, -0.1) is 0 Å². The molecule has 0 aliphatic heterocycles. The number of Topliss-reactive ketones (excluding diaryl/α,β-unsaturated/α-hetero) is 1. The quantitative estimate of drug-likeness (QED) is 0.210. The topological polar surface area (TPSA) is 113 Å². The maximum absolute atomic E-state index is 12.9. The summed E-state index contributed by atoms with van der Waals surface area (Å²) in [4.78, 5) is 37.9. The largest absolute Gasteiger partial charge is 2.00 e. The Kier molecular flexibility index (Phi) is 12.6. The molecule has 10 radical (unpaired) electrons. The standard InChI is InChI=1S/C25H32NO6Si.C5H5.Fe/c1-25(12-10-16-6-5-7-17(16)23(25)30)13-11-20(28)26-21-19(27)9-8-18(22(21)29)24(31)32-14-15-33(2,3)4;1-2-4-5-3-1;/h5-9,27,29H,10-15H2,1-4H3,(H,26,28);1-5H;/q;;+2/t25-;;/m0../s1. The van der Waals surface area contributed by atoms with Gasteiger partial charge in [-0.1, -0.05) is 26.6 Å². The molecule has 4 rings (SSSR count). The van der Waals surface area contributed by atoms with Gasteiger partial charge in [0.1, 0.15) is 22.8 Å². The molecule has 3 aliphatic carbocycles. The predicted octanol–water partition coefficient (Wildman–Crippen LogP) is 5.48. The van der Waals surface area contributed by atoms with Gasteiger partial charge in [0.25, 0.3) is 0 Å². The minimum Gasteiger partial charge on any atom is -0.506 e. The first-order valence-corrected chi connectivity index (χ1v) is 16.6. The van der Waals surface area contributed by atoms with Crippen LogP contribution in [0.4, 0.5) is 5.69 Å². The van der Waals surface area contributed by atoms with Gasteiger partial charge < -0.3 is 20.3 Å². The molecule has 3 aliphatic rings. The van der Waals surface area contributed by atoms with E-state index in [1.165, 1.54) is 12.1 Å². The first-order chi connectivity index (χ1) is 17.9. The molecule has 3 saturated carbocycles. The van der Waals surface area contributed by atoms with Crippen LogP contribution >= 0.6 is 0 Å². The zero-order valence-corrected chi connectivity index (χ0v) is 25.0. The second kappa shape index (κ2) is 14.7. The van der Waals surface area contributed by atoms with Crippen molar-refractivity contribution in [2.45, 2.75) is 58.3 Å². The molecular weight excluding hydrogens is 554 g/mol. The molecule has 1 aromatic carbocycles.